The fourth-order valence-corrected chi connectivity index (χ4v) is 1.41. The fourth-order valence-electron chi connectivity index (χ4n) is 1.41. The quantitative estimate of drug-likeness (QED) is 0.480. The number of hydrogen-bond donors (Lipinski definition) is 1. The first-order valence-corrected chi connectivity index (χ1v) is 5.05. The average Bonchev–Trinajstić information content (AvgIpc) is 2.35. The van der Waals surface area contributed by atoms with Crippen molar-refractivity contribution in [3.8, 4) is 11.5 Å². The molecule has 0 aromatic heterocycles. The molecule has 1 aromatic carbocycles. The van der Waals surface area contributed by atoms with Gasteiger partial charge < -0.3 is 14.7 Å². The van der Waals surface area contributed by atoms with Crippen molar-refractivity contribution in [3.63, 3.8) is 0 Å². The lowest BCUT2D eigenvalue weighted by Gasteiger charge is -2.09. The maximum atomic E-state index is 11.1. The third-order valence-corrected chi connectivity index (χ3v) is 2.35. The van der Waals surface area contributed by atoms with Crippen LogP contribution < -0.4 is 9.47 Å². The Balaban J connectivity index is 2.97. The summed E-state index contributed by atoms with van der Waals surface area (Å²) in [5.74, 6) is 0.926. The van der Waals surface area contributed by atoms with E-state index in [1.807, 2.05) is 0 Å². The highest BCUT2D eigenvalue weighted by Gasteiger charge is 2.10. The lowest BCUT2D eigenvalue weighted by atomic mass is 10.1. The number of methoxy groups -OCH3 is 2. The van der Waals surface area contributed by atoms with Crippen molar-refractivity contribution in [1.82, 2.24) is 0 Å². The summed E-state index contributed by atoms with van der Waals surface area (Å²) in [5.41, 5.74) is 0.919. The molecule has 0 bridgehead atoms. The van der Waals surface area contributed by atoms with Crippen LogP contribution in [-0.4, -0.2) is 30.9 Å². The molecule has 0 amide bonds. The molecule has 0 saturated carbocycles. The molecule has 0 aliphatic rings. The number of carbonyl (C=O) groups is 1. The van der Waals surface area contributed by atoms with E-state index in [9.17, 15) is 4.79 Å². The molecule has 0 fully saturated rings. The number of benzene rings is 1. The van der Waals surface area contributed by atoms with E-state index >= 15 is 0 Å². The second-order valence-corrected chi connectivity index (χ2v) is 3.47. The summed E-state index contributed by atoms with van der Waals surface area (Å²) in [6.07, 6.45) is 0.256. The minimum atomic E-state index is -0.262. The topological polar surface area (TPSA) is 68.1 Å². The van der Waals surface area contributed by atoms with Crippen molar-refractivity contribution in [2.75, 3.05) is 14.2 Å². The molecule has 0 unspecified atom stereocenters. The van der Waals surface area contributed by atoms with Gasteiger partial charge in [0.1, 0.15) is 5.71 Å². The molecule has 17 heavy (non-hydrogen) atoms. The molecule has 0 saturated heterocycles. The first-order chi connectivity index (χ1) is 8.12. The second-order valence-electron chi connectivity index (χ2n) is 3.47. The van der Waals surface area contributed by atoms with Crippen LogP contribution in [0.2, 0.25) is 0 Å². The van der Waals surface area contributed by atoms with E-state index in [4.69, 9.17) is 14.7 Å². The van der Waals surface area contributed by atoms with Crippen LogP contribution in [0, 0.1) is 0 Å². The van der Waals surface area contributed by atoms with E-state index in [1.165, 1.54) is 14.0 Å². The molecule has 92 valence electrons. The average molecular weight is 237 g/mol. The van der Waals surface area contributed by atoms with Gasteiger partial charge in [-0.1, -0.05) is 11.2 Å². The van der Waals surface area contributed by atoms with Gasteiger partial charge in [-0.2, -0.15) is 0 Å². The minimum Gasteiger partial charge on any atom is -0.493 e. The Bertz CT molecular complexity index is 440. The Morgan fingerprint density at radius 2 is 1.94 bits per heavy atom. The molecule has 0 aliphatic carbocycles. The summed E-state index contributed by atoms with van der Waals surface area (Å²) in [6, 6.07) is 5.27. The van der Waals surface area contributed by atoms with Crippen LogP contribution in [0.25, 0.3) is 0 Å². The van der Waals surface area contributed by atoms with Crippen LogP contribution in [0.1, 0.15) is 12.5 Å². The number of nitrogens with zero attached hydrogens (tertiary/aromatic N) is 1. The van der Waals surface area contributed by atoms with Gasteiger partial charge in [0, 0.05) is 13.3 Å². The van der Waals surface area contributed by atoms with Crippen LogP contribution >= 0.6 is 0 Å². The van der Waals surface area contributed by atoms with Crippen LogP contribution in [-0.2, 0) is 11.2 Å². The molecular weight excluding hydrogens is 222 g/mol. The molecule has 1 aromatic rings. The number of hydrogen-bond acceptors (Lipinski definition) is 5. The van der Waals surface area contributed by atoms with E-state index in [2.05, 4.69) is 5.16 Å². The van der Waals surface area contributed by atoms with Gasteiger partial charge in [0.15, 0.2) is 17.3 Å². The number of oxime groups is 1. The SMILES string of the molecule is COc1ccc(C/C(=N\O)C(C)=O)cc1OC. The summed E-state index contributed by atoms with van der Waals surface area (Å²) in [7, 11) is 3.08. The zero-order valence-corrected chi connectivity index (χ0v) is 10.1. The van der Waals surface area contributed by atoms with E-state index in [-0.39, 0.29) is 17.9 Å². The molecule has 5 heteroatoms. The lowest BCUT2D eigenvalue weighted by Crippen LogP contribution is -2.13. The van der Waals surface area contributed by atoms with Gasteiger partial charge in [-0.3, -0.25) is 4.79 Å². The number of rotatable bonds is 5. The van der Waals surface area contributed by atoms with Gasteiger partial charge in [-0.15, -0.1) is 0 Å². The summed E-state index contributed by atoms with van der Waals surface area (Å²) in [6.45, 7) is 1.36. The third-order valence-electron chi connectivity index (χ3n) is 2.35. The smallest absolute Gasteiger partial charge is 0.177 e. The molecule has 1 rings (SSSR count). The van der Waals surface area contributed by atoms with Gasteiger partial charge in [0.2, 0.25) is 0 Å². The zero-order chi connectivity index (χ0) is 12.8. The first-order valence-electron chi connectivity index (χ1n) is 5.05. The maximum absolute atomic E-state index is 11.1. The Morgan fingerprint density at radius 1 is 1.29 bits per heavy atom. The van der Waals surface area contributed by atoms with Crippen LogP contribution in [0.5, 0.6) is 11.5 Å². The van der Waals surface area contributed by atoms with Gasteiger partial charge in [0.25, 0.3) is 0 Å². The standard InChI is InChI=1S/C12H15NO4/c1-8(14)10(13-15)6-9-4-5-11(16-2)12(7-9)17-3/h4-5,7,15H,6H2,1-3H3/b13-10+. The second kappa shape index (κ2) is 5.89. The monoisotopic (exact) mass is 237 g/mol. The highest BCUT2D eigenvalue weighted by atomic mass is 16.5. The van der Waals surface area contributed by atoms with Crippen molar-refractivity contribution in [2.45, 2.75) is 13.3 Å². The van der Waals surface area contributed by atoms with Crippen molar-refractivity contribution >= 4 is 11.5 Å². The highest BCUT2D eigenvalue weighted by Crippen LogP contribution is 2.27. The summed E-state index contributed by atoms with van der Waals surface area (Å²) < 4.78 is 10.2. The zero-order valence-electron chi connectivity index (χ0n) is 10.1. The normalized spacial score (nSPS) is 11.1. The molecule has 0 aliphatic heterocycles. The number of ether oxygens (including phenoxy) is 2. The Labute approximate surface area is 99.7 Å². The fraction of sp³-hybridized carbons (Fsp3) is 0.333. The highest BCUT2D eigenvalue weighted by molar-refractivity contribution is 6.39. The van der Waals surface area contributed by atoms with E-state index < -0.39 is 0 Å². The third kappa shape index (κ3) is 3.21. The van der Waals surface area contributed by atoms with E-state index in [1.54, 1.807) is 25.3 Å². The minimum absolute atomic E-state index is 0.109. The number of carbonyl (C=O) groups excluding carboxylic acids is 1. The van der Waals surface area contributed by atoms with Gasteiger partial charge in [-0.05, 0) is 17.7 Å². The predicted molar refractivity (Wildman–Crippen MR) is 63.2 cm³/mol. The Hall–Kier alpha value is -2.04. The van der Waals surface area contributed by atoms with Crippen LogP contribution in [0.15, 0.2) is 23.4 Å². The summed E-state index contributed by atoms with van der Waals surface area (Å²) in [4.78, 5) is 11.1. The first kappa shape index (κ1) is 13.0. The van der Waals surface area contributed by atoms with Crippen molar-refractivity contribution < 1.29 is 19.5 Å². The van der Waals surface area contributed by atoms with Crippen molar-refractivity contribution in [1.29, 1.82) is 0 Å². The molecule has 0 radical (unpaired) electrons. The summed E-state index contributed by atoms with van der Waals surface area (Å²) >= 11 is 0. The Kier molecular flexibility index (Phi) is 4.51. The lowest BCUT2D eigenvalue weighted by molar-refractivity contribution is -0.111. The van der Waals surface area contributed by atoms with Crippen molar-refractivity contribution in [2.24, 2.45) is 5.16 Å². The molecule has 5 nitrogen and oxygen atoms in total. The van der Waals surface area contributed by atoms with E-state index in [0.29, 0.717) is 11.5 Å². The van der Waals surface area contributed by atoms with Crippen LogP contribution in [0.3, 0.4) is 0 Å². The predicted octanol–water partition coefficient (Wildman–Crippen LogP) is 1.67. The number of ketones is 1. The largest absolute Gasteiger partial charge is 0.493 e. The Morgan fingerprint density at radius 3 is 2.41 bits per heavy atom. The molecule has 1 N–H and O–H groups in total. The molecule has 0 atom stereocenters. The molecular formula is C12H15NO4. The van der Waals surface area contributed by atoms with Crippen molar-refractivity contribution in [3.05, 3.63) is 23.8 Å². The van der Waals surface area contributed by atoms with E-state index in [0.717, 1.165) is 5.56 Å². The molecule has 0 heterocycles. The maximum Gasteiger partial charge on any atom is 0.177 e. The van der Waals surface area contributed by atoms with Crippen LogP contribution in [0.4, 0.5) is 0 Å². The number of Topliss-reactive ketones (excluding diaryl/α,β-unsaturated/α-hetero) is 1. The van der Waals surface area contributed by atoms with Gasteiger partial charge >= 0.3 is 0 Å². The van der Waals surface area contributed by atoms with Gasteiger partial charge in [0.05, 0.1) is 14.2 Å². The summed E-state index contributed by atoms with van der Waals surface area (Å²) in [5, 5.41) is 11.7. The molecule has 0 spiro atoms. The van der Waals surface area contributed by atoms with Gasteiger partial charge in [-0.25, -0.2) is 0 Å².